The van der Waals surface area contributed by atoms with Crippen LogP contribution in [0.5, 0.6) is 0 Å². The molecule has 0 bridgehead atoms. The normalized spacial score (nSPS) is 10.2. The van der Waals surface area contributed by atoms with Crippen LogP contribution in [0.25, 0.3) is 5.52 Å². The summed E-state index contributed by atoms with van der Waals surface area (Å²) < 4.78 is 1.82. The minimum atomic E-state index is -0.115. The van der Waals surface area contributed by atoms with Gasteiger partial charge < -0.3 is 10.6 Å². The van der Waals surface area contributed by atoms with Crippen molar-refractivity contribution in [3.05, 3.63) is 53.0 Å². The SMILES string of the molecule is CC.CNC(=O)c1ccc(C)c(Nc2ncnn3cc(C)c(C)c23)c1. The average molecular weight is 339 g/mol. The van der Waals surface area contributed by atoms with E-state index in [1.165, 1.54) is 6.33 Å². The molecule has 0 saturated carbocycles. The number of amides is 1. The van der Waals surface area contributed by atoms with Crippen LogP contribution in [0.2, 0.25) is 0 Å². The maximum atomic E-state index is 11.8. The van der Waals surface area contributed by atoms with Crippen LogP contribution in [-0.2, 0) is 0 Å². The third-order valence-electron chi connectivity index (χ3n) is 4.06. The van der Waals surface area contributed by atoms with Gasteiger partial charge in [-0.05, 0) is 49.6 Å². The average Bonchev–Trinajstić information content (AvgIpc) is 2.93. The lowest BCUT2D eigenvalue weighted by molar-refractivity contribution is 0.0963. The number of aryl methyl sites for hydroxylation is 3. The topological polar surface area (TPSA) is 71.3 Å². The molecule has 1 amide bonds. The van der Waals surface area contributed by atoms with Crippen LogP contribution in [0.3, 0.4) is 0 Å². The fourth-order valence-electron chi connectivity index (χ4n) is 2.54. The summed E-state index contributed by atoms with van der Waals surface area (Å²) in [5.41, 5.74) is 5.72. The van der Waals surface area contributed by atoms with Crippen molar-refractivity contribution in [3.8, 4) is 0 Å². The Hall–Kier alpha value is -2.89. The van der Waals surface area contributed by atoms with Gasteiger partial charge in [-0.1, -0.05) is 19.9 Å². The lowest BCUT2D eigenvalue weighted by Gasteiger charge is -2.12. The van der Waals surface area contributed by atoms with Crippen LogP contribution >= 0.6 is 0 Å². The molecule has 0 fully saturated rings. The predicted molar refractivity (Wildman–Crippen MR) is 102 cm³/mol. The van der Waals surface area contributed by atoms with Crippen LogP contribution in [0, 0.1) is 20.8 Å². The molecule has 0 aliphatic carbocycles. The number of carbonyl (C=O) groups is 1. The summed E-state index contributed by atoms with van der Waals surface area (Å²) in [5.74, 6) is 0.610. The van der Waals surface area contributed by atoms with Crippen molar-refractivity contribution in [1.82, 2.24) is 19.9 Å². The van der Waals surface area contributed by atoms with E-state index in [4.69, 9.17) is 0 Å². The Kier molecular flexibility index (Phi) is 5.75. The van der Waals surface area contributed by atoms with Gasteiger partial charge >= 0.3 is 0 Å². The lowest BCUT2D eigenvalue weighted by atomic mass is 10.1. The largest absolute Gasteiger partial charge is 0.355 e. The molecule has 0 aliphatic rings. The zero-order valence-electron chi connectivity index (χ0n) is 15.6. The van der Waals surface area contributed by atoms with Crippen molar-refractivity contribution in [2.45, 2.75) is 34.6 Å². The van der Waals surface area contributed by atoms with Crippen LogP contribution in [-0.4, -0.2) is 27.6 Å². The minimum absolute atomic E-state index is 0.115. The van der Waals surface area contributed by atoms with Gasteiger partial charge in [0.05, 0.1) is 0 Å². The molecular formula is C19H25N5O. The van der Waals surface area contributed by atoms with Gasteiger partial charge in [-0.15, -0.1) is 0 Å². The van der Waals surface area contributed by atoms with E-state index in [-0.39, 0.29) is 5.91 Å². The Morgan fingerprint density at radius 1 is 1.12 bits per heavy atom. The molecule has 6 heteroatoms. The maximum absolute atomic E-state index is 11.8. The molecule has 2 N–H and O–H groups in total. The van der Waals surface area contributed by atoms with Crippen molar-refractivity contribution in [3.63, 3.8) is 0 Å². The smallest absolute Gasteiger partial charge is 0.251 e. The highest BCUT2D eigenvalue weighted by molar-refractivity contribution is 5.95. The molecule has 0 saturated heterocycles. The van der Waals surface area contributed by atoms with E-state index in [0.717, 1.165) is 33.7 Å². The Labute approximate surface area is 148 Å². The molecule has 1 aromatic carbocycles. The fourth-order valence-corrected chi connectivity index (χ4v) is 2.54. The Bertz CT molecular complexity index is 898. The second-order valence-corrected chi connectivity index (χ2v) is 5.57. The predicted octanol–water partition coefficient (Wildman–Crippen LogP) is 3.78. The number of nitrogens with zero attached hydrogens (tertiary/aromatic N) is 3. The van der Waals surface area contributed by atoms with E-state index in [0.29, 0.717) is 5.56 Å². The van der Waals surface area contributed by atoms with E-state index in [1.807, 2.05) is 63.5 Å². The number of hydrogen-bond donors (Lipinski definition) is 2. The summed E-state index contributed by atoms with van der Waals surface area (Å²) in [7, 11) is 1.62. The number of benzene rings is 1. The third-order valence-corrected chi connectivity index (χ3v) is 4.06. The molecule has 6 nitrogen and oxygen atoms in total. The zero-order chi connectivity index (χ0) is 18.6. The molecule has 0 aliphatic heterocycles. The third kappa shape index (κ3) is 3.63. The van der Waals surface area contributed by atoms with Gasteiger partial charge in [0.15, 0.2) is 5.82 Å². The van der Waals surface area contributed by atoms with Crippen molar-refractivity contribution >= 4 is 22.9 Å². The summed E-state index contributed by atoms with van der Waals surface area (Å²) in [6.07, 6.45) is 3.50. The van der Waals surface area contributed by atoms with Gasteiger partial charge in [0.1, 0.15) is 11.8 Å². The Morgan fingerprint density at radius 3 is 2.52 bits per heavy atom. The highest BCUT2D eigenvalue weighted by atomic mass is 16.1. The van der Waals surface area contributed by atoms with Gasteiger partial charge in [-0.3, -0.25) is 4.79 Å². The van der Waals surface area contributed by atoms with Gasteiger partial charge in [0.2, 0.25) is 0 Å². The fraction of sp³-hybridized carbons (Fsp3) is 0.316. The Morgan fingerprint density at radius 2 is 1.84 bits per heavy atom. The summed E-state index contributed by atoms with van der Waals surface area (Å²) in [4.78, 5) is 16.2. The molecule has 132 valence electrons. The zero-order valence-corrected chi connectivity index (χ0v) is 15.6. The van der Waals surface area contributed by atoms with E-state index in [9.17, 15) is 4.79 Å². The van der Waals surface area contributed by atoms with E-state index < -0.39 is 0 Å². The number of anilines is 2. The quantitative estimate of drug-likeness (QED) is 0.762. The number of rotatable bonds is 3. The molecule has 0 unspecified atom stereocenters. The molecule has 3 rings (SSSR count). The van der Waals surface area contributed by atoms with E-state index in [2.05, 4.69) is 20.7 Å². The first-order chi connectivity index (χ1) is 12.0. The monoisotopic (exact) mass is 339 g/mol. The van der Waals surface area contributed by atoms with Crippen molar-refractivity contribution in [1.29, 1.82) is 0 Å². The molecular weight excluding hydrogens is 314 g/mol. The van der Waals surface area contributed by atoms with Gasteiger partial charge in [0.25, 0.3) is 5.91 Å². The standard InChI is InChI=1S/C17H19N5O.C2H6/c1-10-5-6-13(17(23)18-4)7-14(10)21-16-15-12(3)11(2)8-22(15)20-9-19-16;1-2/h5-9H,1-4H3,(H,18,23)(H,19,20,21);1-2H3. The number of carbonyl (C=O) groups excluding carboxylic acids is 1. The molecule has 3 aromatic rings. The second kappa shape index (κ2) is 7.79. The number of hydrogen-bond acceptors (Lipinski definition) is 4. The number of nitrogens with one attached hydrogen (secondary N) is 2. The first-order valence-electron chi connectivity index (χ1n) is 8.40. The lowest BCUT2D eigenvalue weighted by Crippen LogP contribution is -2.17. The van der Waals surface area contributed by atoms with Crippen LogP contribution in [0.1, 0.15) is 40.9 Å². The van der Waals surface area contributed by atoms with Crippen LogP contribution in [0.4, 0.5) is 11.5 Å². The molecule has 2 aromatic heterocycles. The molecule has 0 atom stereocenters. The number of aromatic nitrogens is 3. The van der Waals surface area contributed by atoms with Gasteiger partial charge in [-0.2, -0.15) is 5.10 Å². The molecule has 2 heterocycles. The van der Waals surface area contributed by atoms with E-state index >= 15 is 0 Å². The number of fused-ring (bicyclic) bond motifs is 1. The molecule has 25 heavy (non-hydrogen) atoms. The first kappa shape index (κ1) is 18.4. The highest BCUT2D eigenvalue weighted by Gasteiger charge is 2.12. The summed E-state index contributed by atoms with van der Waals surface area (Å²) in [6.45, 7) is 10.1. The first-order valence-corrected chi connectivity index (χ1v) is 8.40. The van der Waals surface area contributed by atoms with E-state index in [1.54, 1.807) is 7.05 Å². The van der Waals surface area contributed by atoms with Gasteiger partial charge in [0, 0.05) is 24.5 Å². The van der Waals surface area contributed by atoms with Crippen molar-refractivity contribution < 1.29 is 4.79 Å². The minimum Gasteiger partial charge on any atom is -0.355 e. The molecule has 0 spiro atoms. The maximum Gasteiger partial charge on any atom is 0.251 e. The molecule has 0 radical (unpaired) electrons. The van der Waals surface area contributed by atoms with Gasteiger partial charge in [-0.25, -0.2) is 9.50 Å². The van der Waals surface area contributed by atoms with Crippen molar-refractivity contribution in [2.75, 3.05) is 12.4 Å². The Balaban J connectivity index is 0.00000109. The summed E-state index contributed by atoms with van der Waals surface area (Å²) in [6, 6.07) is 5.56. The van der Waals surface area contributed by atoms with Crippen molar-refractivity contribution in [2.24, 2.45) is 0 Å². The van der Waals surface area contributed by atoms with Crippen LogP contribution in [0.15, 0.2) is 30.7 Å². The highest BCUT2D eigenvalue weighted by Crippen LogP contribution is 2.26. The summed E-state index contributed by atoms with van der Waals surface area (Å²) >= 11 is 0. The second-order valence-electron chi connectivity index (χ2n) is 5.57. The summed E-state index contributed by atoms with van der Waals surface area (Å²) in [5, 5.41) is 10.2. The van der Waals surface area contributed by atoms with Crippen LogP contribution < -0.4 is 10.6 Å².